The molecule has 0 radical (unpaired) electrons. The molecule has 12 rings (SSSR count). The number of benzene rings is 9. The highest BCUT2D eigenvalue weighted by Gasteiger charge is 2.51. The lowest BCUT2D eigenvalue weighted by Gasteiger charge is -2.33. The highest BCUT2D eigenvalue weighted by atomic mass is 15.1. The van der Waals surface area contributed by atoms with Crippen molar-refractivity contribution in [3.8, 4) is 55.6 Å². The first kappa shape index (κ1) is 33.9. The van der Waals surface area contributed by atoms with Crippen molar-refractivity contribution in [2.75, 3.05) is 4.90 Å². The maximum absolute atomic E-state index is 2.51. The average Bonchev–Trinajstić information content (AvgIpc) is 3.85. The molecule has 0 heterocycles. The normalized spacial score (nSPS) is 14.2. The zero-order valence-corrected chi connectivity index (χ0v) is 33.2. The molecule has 0 fully saturated rings. The van der Waals surface area contributed by atoms with E-state index in [4.69, 9.17) is 0 Å². The first-order valence-electron chi connectivity index (χ1n) is 20.8. The van der Waals surface area contributed by atoms with Gasteiger partial charge in [0.1, 0.15) is 0 Å². The van der Waals surface area contributed by atoms with Crippen molar-refractivity contribution >= 4 is 17.1 Å². The summed E-state index contributed by atoms with van der Waals surface area (Å²) >= 11 is 0. The lowest BCUT2D eigenvalue weighted by molar-refractivity contribution is 0.660. The molecule has 0 atom stereocenters. The van der Waals surface area contributed by atoms with Crippen LogP contribution in [0.4, 0.5) is 17.1 Å². The molecular formula is C58H41N. The minimum Gasteiger partial charge on any atom is -0.310 e. The van der Waals surface area contributed by atoms with E-state index in [1.54, 1.807) is 0 Å². The second-order valence-electron chi connectivity index (χ2n) is 16.8. The van der Waals surface area contributed by atoms with Gasteiger partial charge in [-0.05, 0) is 120 Å². The van der Waals surface area contributed by atoms with E-state index in [1.165, 1.54) is 89.0 Å². The van der Waals surface area contributed by atoms with Gasteiger partial charge in [0.25, 0.3) is 0 Å². The van der Waals surface area contributed by atoms with Gasteiger partial charge < -0.3 is 4.90 Å². The smallest absolute Gasteiger partial charge is 0.0726 e. The first-order valence-corrected chi connectivity index (χ1v) is 20.8. The molecule has 1 nitrogen and oxygen atoms in total. The fourth-order valence-corrected chi connectivity index (χ4v) is 10.9. The Morgan fingerprint density at radius 2 is 0.695 bits per heavy atom. The minimum atomic E-state index is -0.433. The topological polar surface area (TPSA) is 3.24 Å². The predicted octanol–water partition coefficient (Wildman–Crippen LogP) is 15.1. The van der Waals surface area contributed by atoms with Crippen LogP contribution in [-0.2, 0) is 10.8 Å². The molecule has 0 aliphatic heterocycles. The molecule has 3 aliphatic rings. The number of para-hydroxylation sites is 1. The van der Waals surface area contributed by atoms with Gasteiger partial charge in [0, 0.05) is 22.4 Å². The highest BCUT2D eigenvalue weighted by Crippen LogP contribution is 2.63. The zero-order valence-electron chi connectivity index (χ0n) is 33.2. The van der Waals surface area contributed by atoms with Crippen molar-refractivity contribution < 1.29 is 0 Å². The maximum Gasteiger partial charge on any atom is 0.0726 e. The summed E-state index contributed by atoms with van der Waals surface area (Å²) in [5.41, 5.74) is 23.7. The summed E-state index contributed by atoms with van der Waals surface area (Å²) in [7, 11) is 0. The van der Waals surface area contributed by atoms with Crippen LogP contribution in [0.3, 0.4) is 0 Å². The summed E-state index contributed by atoms with van der Waals surface area (Å²) in [5, 5.41) is 0. The van der Waals surface area contributed by atoms with Gasteiger partial charge in [0.05, 0.1) is 11.1 Å². The fourth-order valence-electron chi connectivity index (χ4n) is 10.9. The molecule has 0 bridgehead atoms. The Morgan fingerprint density at radius 1 is 0.288 bits per heavy atom. The van der Waals surface area contributed by atoms with Crippen LogP contribution in [0.15, 0.2) is 212 Å². The van der Waals surface area contributed by atoms with Crippen LogP contribution in [0.25, 0.3) is 55.6 Å². The summed E-state index contributed by atoms with van der Waals surface area (Å²) in [6, 6.07) is 79.2. The molecule has 0 saturated heterocycles. The summed E-state index contributed by atoms with van der Waals surface area (Å²) in [4.78, 5) is 2.51. The number of fused-ring (bicyclic) bond motifs is 13. The quantitative estimate of drug-likeness (QED) is 0.169. The molecule has 0 aromatic heterocycles. The Hall–Kier alpha value is -7.22. The van der Waals surface area contributed by atoms with Crippen LogP contribution < -0.4 is 4.90 Å². The Morgan fingerprint density at radius 3 is 1.27 bits per heavy atom. The van der Waals surface area contributed by atoms with E-state index >= 15 is 0 Å². The molecule has 9 aromatic carbocycles. The average molecular weight is 752 g/mol. The van der Waals surface area contributed by atoms with Gasteiger partial charge in [0.15, 0.2) is 0 Å². The van der Waals surface area contributed by atoms with Crippen LogP contribution in [0.5, 0.6) is 0 Å². The number of rotatable bonds is 5. The summed E-state index contributed by atoms with van der Waals surface area (Å²) in [6.07, 6.45) is 0. The molecule has 1 heteroatoms. The largest absolute Gasteiger partial charge is 0.310 e. The molecule has 59 heavy (non-hydrogen) atoms. The van der Waals surface area contributed by atoms with Gasteiger partial charge in [-0.3, -0.25) is 0 Å². The summed E-state index contributed by atoms with van der Waals surface area (Å²) < 4.78 is 0. The third-order valence-corrected chi connectivity index (χ3v) is 13.5. The van der Waals surface area contributed by atoms with Gasteiger partial charge in [-0.1, -0.05) is 190 Å². The minimum absolute atomic E-state index is 0.197. The molecule has 0 saturated carbocycles. The van der Waals surface area contributed by atoms with Crippen molar-refractivity contribution in [1.82, 2.24) is 0 Å². The monoisotopic (exact) mass is 751 g/mol. The highest BCUT2D eigenvalue weighted by molar-refractivity contribution is 5.97. The molecular weight excluding hydrogens is 711 g/mol. The third kappa shape index (κ3) is 4.73. The number of nitrogens with zero attached hydrogens (tertiary/aromatic N) is 1. The number of hydrogen-bond acceptors (Lipinski definition) is 1. The van der Waals surface area contributed by atoms with E-state index in [9.17, 15) is 0 Å². The van der Waals surface area contributed by atoms with E-state index < -0.39 is 5.41 Å². The third-order valence-electron chi connectivity index (χ3n) is 13.5. The van der Waals surface area contributed by atoms with Gasteiger partial charge in [0.2, 0.25) is 0 Å². The molecule has 3 aliphatic carbocycles. The van der Waals surface area contributed by atoms with Crippen LogP contribution >= 0.6 is 0 Å². The lowest BCUT2D eigenvalue weighted by atomic mass is 9.70. The van der Waals surface area contributed by atoms with Crippen molar-refractivity contribution in [2.45, 2.75) is 24.7 Å². The number of hydrogen-bond donors (Lipinski definition) is 0. The molecule has 278 valence electrons. The zero-order chi connectivity index (χ0) is 39.3. The van der Waals surface area contributed by atoms with E-state index in [0.717, 1.165) is 17.1 Å². The van der Waals surface area contributed by atoms with E-state index in [-0.39, 0.29) is 5.41 Å². The van der Waals surface area contributed by atoms with Crippen molar-refractivity contribution in [1.29, 1.82) is 0 Å². The van der Waals surface area contributed by atoms with Gasteiger partial charge >= 0.3 is 0 Å². The van der Waals surface area contributed by atoms with Crippen molar-refractivity contribution in [3.63, 3.8) is 0 Å². The van der Waals surface area contributed by atoms with Gasteiger partial charge in [-0.15, -0.1) is 0 Å². The molecule has 0 amide bonds. The second-order valence-corrected chi connectivity index (χ2v) is 16.8. The Balaban J connectivity index is 1.09. The predicted molar refractivity (Wildman–Crippen MR) is 246 cm³/mol. The molecule has 9 aromatic rings. The van der Waals surface area contributed by atoms with Crippen LogP contribution in [0.2, 0.25) is 0 Å². The summed E-state index contributed by atoms with van der Waals surface area (Å²) in [5.74, 6) is 0. The van der Waals surface area contributed by atoms with Crippen molar-refractivity contribution in [3.05, 3.63) is 246 Å². The van der Waals surface area contributed by atoms with Crippen LogP contribution in [0.1, 0.15) is 47.2 Å². The Bertz CT molecular complexity index is 3070. The standard InChI is InChI=1S/C58H41N/c1-57(2)53-35-40(38-17-5-3-6-18-38)29-32-47(53)48-33-30-41(36-54(48)57)59(56-28-16-12-21-43(56)39-19-7-4-8-20-39)42-31-34-49-46-24-11-15-27-52(46)58(55(49)37-42)50-25-13-9-22-44(50)45-23-10-14-26-51(45)58/h3-37H,1-2H3. The summed E-state index contributed by atoms with van der Waals surface area (Å²) in [6.45, 7) is 4.79. The first-order chi connectivity index (χ1) is 29.0. The molecule has 0 unspecified atom stereocenters. The van der Waals surface area contributed by atoms with E-state index in [2.05, 4.69) is 231 Å². The van der Waals surface area contributed by atoms with Crippen LogP contribution in [-0.4, -0.2) is 0 Å². The number of anilines is 3. The maximum atomic E-state index is 2.51. The molecule has 1 spiro atoms. The van der Waals surface area contributed by atoms with Gasteiger partial charge in [-0.2, -0.15) is 0 Å². The second kappa shape index (κ2) is 12.6. The van der Waals surface area contributed by atoms with E-state index in [1.807, 2.05) is 0 Å². The fraction of sp³-hybridized carbons (Fsp3) is 0.0690. The Labute approximate surface area is 346 Å². The molecule has 0 N–H and O–H groups in total. The van der Waals surface area contributed by atoms with E-state index in [0.29, 0.717) is 0 Å². The van der Waals surface area contributed by atoms with Crippen LogP contribution in [0, 0.1) is 0 Å². The SMILES string of the molecule is CC1(C)c2cc(-c3ccccc3)ccc2-c2ccc(N(c3ccc4c(c3)C3(c5ccccc5-c5ccccc53)c3ccccc3-4)c3ccccc3-c3ccccc3)cc21. The lowest BCUT2D eigenvalue weighted by Crippen LogP contribution is -2.26. The van der Waals surface area contributed by atoms with Gasteiger partial charge in [-0.25, -0.2) is 0 Å². The van der Waals surface area contributed by atoms with Crippen molar-refractivity contribution in [2.24, 2.45) is 0 Å². The Kier molecular flexibility index (Phi) is 7.26.